The maximum atomic E-state index is 13.0. The molecule has 0 N–H and O–H groups in total. The predicted octanol–water partition coefficient (Wildman–Crippen LogP) is 2.69. The van der Waals surface area contributed by atoms with Crippen molar-refractivity contribution in [2.45, 2.75) is 33.6 Å². The second-order valence-corrected chi connectivity index (χ2v) is 6.72. The molecule has 0 spiro atoms. The number of fused-ring (bicyclic) bond motifs is 1. The number of carbonyl (C=O) groups excluding carboxylic acids is 2. The minimum atomic E-state index is -0.125. The van der Waals surface area contributed by atoms with Crippen molar-refractivity contribution in [3.8, 4) is 0 Å². The second-order valence-electron chi connectivity index (χ2n) is 6.72. The van der Waals surface area contributed by atoms with E-state index < -0.39 is 0 Å². The Hall–Kier alpha value is -2.37. The molecule has 1 saturated heterocycles. The summed E-state index contributed by atoms with van der Waals surface area (Å²) in [6.45, 7) is 8.80. The number of amides is 2. The van der Waals surface area contributed by atoms with Crippen LogP contribution in [-0.4, -0.2) is 57.2 Å². The van der Waals surface area contributed by atoms with Crippen molar-refractivity contribution in [1.82, 2.24) is 19.2 Å². The lowest BCUT2D eigenvalue weighted by Crippen LogP contribution is -2.40. The van der Waals surface area contributed by atoms with Crippen LogP contribution in [0.25, 0.3) is 5.52 Å². The van der Waals surface area contributed by atoms with Gasteiger partial charge in [-0.05, 0) is 44.7 Å². The minimum absolute atomic E-state index is 0.0913. The highest BCUT2D eigenvalue weighted by Crippen LogP contribution is 2.20. The molecule has 1 unspecified atom stereocenters. The first-order valence-electron chi connectivity index (χ1n) is 9.12. The predicted molar refractivity (Wildman–Crippen MR) is 96.7 cm³/mol. The third-order valence-corrected chi connectivity index (χ3v) is 4.94. The molecule has 0 saturated carbocycles. The Labute approximate surface area is 148 Å². The molecule has 0 radical (unpaired) electrons. The van der Waals surface area contributed by atoms with E-state index in [1.165, 1.54) is 0 Å². The molecule has 2 aromatic rings. The van der Waals surface area contributed by atoms with Crippen molar-refractivity contribution in [2.24, 2.45) is 5.92 Å². The first-order chi connectivity index (χ1) is 12.1. The standard InChI is InChI=1S/C19H26N4O2/c1-4-21(5-2)18(24)16-15-10-6-7-12-23(15)17(20-16)19(25)22-11-8-9-14(3)13-22/h6-7,10,12,14H,4-5,8-9,11,13H2,1-3H3. The maximum Gasteiger partial charge on any atom is 0.290 e. The molecule has 1 aliphatic rings. The molecule has 1 atom stereocenters. The van der Waals surface area contributed by atoms with E-state index in [-0.39, 0.29) is 11.8 Å². The molecule has 6 nitrogen and oxygen atoms in total. The van der Waals surface area contributed by atoms with Crippen LogP contribution >= 0.6 is 0 Å². The SMILES string of the molecule is CCN(CC)C(=O)c1nc(C(=O)N2CCCC(C)C2)n2ccccc12. The Morgan fingerprint density at radius 1 is 1.28 bits per heavy atom. The molecule has 134 valence electrons. The van der Waals surface area contributed by atoms with Gasteiger partial charge < -0.3 is 9.80 Å². The summed E-state index contributed by atoms with van der Waals surface area (Å²) in [5.74, 6) is 0.618. The third-order valence-electron chi connectivity index (χ3n) is 4.94. The first-order valence-corrected chi connectivity index (χ1v) is 9.12. The van der Waals surface area contributed by atoms with Gasteiger partial charge in [-0.2, -0.15) is 0 Å². The quantitative estimate of drug-likeness (QED) is 0.858. The lowest BCUT2D eigenvalue weighted by molar-refractivity contribution is 0.0669. The van der Waals surface area contributed by atoms with E-state index >= 15 is 0 Å². The van der Waals surface area contributed by atoms with Gasteiger partial charge in [0.1, 0.15) is 0 Å². The van der Waals surface area contributed by atoms with Crippen molar-refractivity contribution < 1.29 is 9.59 Å². The van der Waals surface area contributed by atoms with E-state index in [0.29, 0.717) is 36.0 Å². The van der Waals surface area contributed by atoms with Crippen LogP contribution in [0.2, 0.25) is 0 Å². The molecule has 1 aliphatic heterocycles. The van der Waals surface area contributed by atoms with Gasteiger partial charge in [0, 0.05) is 32.4 Å². The first kappa shape index (κ1) is 17.5. The summed E-state index contributed by atoms with van der Waals surface area (Å²) in [5, 5.41) is 0. The van der Waals surface area contributed by atoms with Gasteiger partial charge in [0.25, 0.3) is 11.8 Å². The summed E-state index contributed by atoms with van der Waals surface area (Å²) in [4.78, 5) is 33.9. The topological polar surface area (TPSA) is 57.9 Å². The zero-order valence-corrected chi connectivity index (χ0v) is 15.2. The summed E-state index contributed by atoms with van der Waals surface area (Å²) in [6, 6.07) is 5.57. The van der Waals surface area contributed by atoms with E-state index in [4.69, 9.17) is 0 Å². The van der Waals surface area contributed by atoms with Gasteiger partial charge in [0.2, 0.25) is 5.82 Å². The van der Waals surface area contributed by atoms with Crippen LogP contribution in [0, 0.1) is 5.92 Å². The molecule has 3 rings (SSSR count). The van der Waals surface area contributed by atoms with Gasteiger partial charge in [-0.15, -0.1) is 0 Å². The Morgan fingerprint density at radius 2 is 2.04 bits per heavy atom. The van der Waals surface area contributed by atoms with Gasteiger partial charge in [0.15, 0.2) is 5.69 Å². The number of carbonyl (C=O) groups is 2. The van der Waals surface area contributed by atoms with Crippen LogP contribution in [0.15, 0.2) is 24.4 Å². The fourth-order valence-corrected chi connectivity index (χ4v) is 3.52. The number of rotatable bonds is 4. The monoisotopic (exact) mass is 342 g/mol. The number of likely N-dealkylation sites (tertiary alicyclic amines) is 1. The molecule has 2 amide bonds. The van der Waals surface area contributed by atoms with Crippen LogP contribution in [-0.2, 0) is 0 Å². The van der Waals surface area contributed by atoms with Gasteiger partial charge in [0.05, 0.1) is 5.52 Å². The number of aromatic nitrogens is 2. The van der Waals surface area contributed by atoms with Crippen LogP contribution in [0.3, 0.4) is 0 Å². The van der Waals surface area contributed by atoms with Crippen LogP contribution < -0.4 is 0 Å². The molecule has 1 fully saturated rings. The number of nitrogens with zero attached hydrogens (tertiary/aromatic N) is 4. The van der Waals surface area contributed by atoms with Crippen molar-refractivity contribution in [3.63, 3.8) is 0 Å². The average molecular weight is 342 g/mol. The number of imidazole rings is 1. The van der Waals surface area contributed by atoms with Gasteiger partial charge in [-0.3, -0.25) is 14.0 Å². The number of hydrogen-bond acceptors (Lipinski definition) is 3. The number of hydrogen-bond donors (Lipinski definition) is 0. The van der Waals surface area contributed by atoms with Gasteiger partial charge in [-0.1, -0.05) is 13.0 Å². The fourth-order valence-electron chi connectivity index (χ4n) is 3.52. The van der Waals surface area contributed by atoms with Crippen molar-refractivity contribution >= 4 is 17.3 Å². The fraction of sp³-hybridized carbons (Fsp3) is 0.526. The zero-order chi connectivity index (χ0) is 18.0. The molecule has 6 heteroatoms. The van der Waals surface area contributed by atoms with Crippen LogP contribution in [0.5, 0.6) is 0 Å². The molecule has 0 aliphatic carbocycles. The Balaban J connectivity index is 2.02. The number of pyridine rings is 1. The van der Waals surface area contributed by atoms with Crippen LogP contribution in [0.1, 0.15) is 54.7 Å². The molecule has 25 heavy (non-hydrogen) atoms. The highest BCUT2D eigenvalue weighted by Gasteiger charge is 2.28. The minimum Gasteiger partial charge on any atom is -0.338 e. The van der Waals surface area contributed by atoms with Crippen LogP contribution in [0.4, 0.5) is 0 Å². The largest absolute Gasteiger partial charge is 0.338 e. The maximum absolute atomic E-state index is 13.0. The number of piperidine rings is 1. The lowest BCUT2D eigenvalue weighted by atomic mass is 10.0. The second kappa shape index (κ2) is 7.25. The van der Waals surface area contributed by atoms with Crippen molar-refractivity contribution in [1.29, 1.82) is 0 Å². The average Bonchev–Trinajstić information content (AvgIpc) is 3.01. The lowest BCUT2D eigenvalue weighted by Gasteiger charge is -2.30. The summed E-state index contributed by atoms with van der Waals surface area (Å²) in [6.07, 6.45) is 3.97. The Bertz CT molecular complexity index is 779. The summed E-state index contributed by atoms with van der Waals surface area (Å²) in [7, 11) is 0. The van der Waals surface area contributed by atoms with E-state index in [2.05, 4.69) is 11.9 Å². The molecule has 3 heterocycles. The third kappa shape index (κ3) is 3.25. The van der Waals surface area contributed by atoms with E-state index in [1.54, 1.807) is 9.30 Å². The summed E-state index contributed by atoms with van der Waals surface area (Å²) >= 11 is 0. The summed E-state index contributed by atoms with van der Waals surface area (Å²) in [5.41, 5.74) is 1.05. The Kier molecular flexibility index (Phi) is 5.06. The highest BCUT2D eigenvalue weighted by molar-refractivity contribution is 6.02. The Morgan fingerprint density at radius 3 is 2.72 bits per heavy atom. The smallest absolute Gasteiger partial charge is 0.290 e. The zero-order valence-electron chi connectivity index (χ0n) is 15.2. The summed E-state index contributed by atoms with van der Waals surface area (Å²) < 4.78 is 1.75. The van der Waals surface area contributed by atoms with Crippen molar-refractivity contribution in [3.05, 3.63) is 35.9 Å². The van der Waals surface area contributed by atoms with E-state index in [0.717, 1.165) is 25.9 Å². The molecule has 0 aromatic carbocycles. The van der Waals surface area contributed by atoms with Crippen molar-refractivity contribution in [2.75, 3.05) is 26.2 Å². The van der Waals surface area contributed by atoms with E-state index in [1.807, 2.05) is 43.1 Å². The highest BCUT2D eigenvalue weighted by atomic mass is 16.2. The molecular weight excluding hydrogens is 316 g/mol. The van der Waals surface area contributed by atoms with Gasteiger partial charge >= 0.3 is 0 Å². The molecular formula is C19H26N4O2. The van der Waals surface area contributed by atoms with E-state index in [9.17, 15) is 9.59 Å². The molecule has 0 bridgehead atoms. The normalized spacial score (nSPS) is 17.7. The van der Waals surface area contributed by atoms with Gasteiger partial charge in [-0.25, -0.2) is 4.98 Å². The molecule has 2 aromatic heterocycles.